The summed E-state index contributed by atoms with van der Waals surface area (Å²) in [4.78, 5) is 6.85. The number of aryl methyl sites for hydroxylation is 1. The quantitative estimate of drug-likeness (QED) is 0.602. The number of nitrogens with zero attached hydrogens (tertiary/aromatic N) is 4. The summed E-state index contributed by atoms with van der Waals surface area (Å²) in [5.74, 6) is 2.54. The van der Waals surface area contributed by atoms with Gasteiger partial charge in [0, 0.05) is 33.4 Å². The molecule has 0 saturated carbocycles. The molecule has 1 aliphatic rings. The summed E-state index contributed by atoms with van der Waals surface area (Å²) in [6.07, 6.45) is 7.43. The van der Waals surface area contributed by atoms with E-state index in [0.717, 1.165) is 44.2 Å². The van der Waals surface area contributed by atoms with Crippen molar-refractivity contribution in [1.82, 2.24) is 20.0 Å². The van der Waals surface area contributed by atoms with Crippen molar-refractivity contribution in [3.05, 3.63) is 48.3 Å². The minimum absolute atomic E-state index is 0.123. The van der Waals surface area contributed by atoms with Crippen LogP contribution in [0.5, 0.6) is 5.75 Å². The summed E-state index contributed by atoms with van der Waals surface area (Å²) in [5, 5.41) is 7.78. The molecule has 2 heterocycles. The Morgan fingerprint density at radius 3 is 2.85 bits per heavy atom. The Hall–Kier alpha value is -2.50. The molecule has 146 valence electrons. The second-order valence-electron chi connectivity index (χ2n) is 7.22. The van der Waals surface area contributed by atoms with Crippen molar-refractivity contribution >= 4 is 5.96 Å². The second-order valence-corrected chi connectivity index (χ2v) is 7.22. The topological polar surface area (TPSA) is 54.7 Å². The number of likely N-dealkylation sites (tertiary alicyclic amines) is 1. The summed E-state index contributed by atoms with van der Waals surface area (Å²) in [6, 6.07) is 10.0. The highest BCUT2D eigenvalue weighted by Gasteiger charge is 2.25. The van der Waals surface area contributed by atoms with Crippen LogP contribution in [0.3, 0.4) is 0 Å². The first kappa shape index (κ1) is 19.3. The Balaban J connectivity index is 1.48. The Morgan fingerprint density at radius 1 is 1.37 bits per heavy atom. The fraction of sp³-hybridized carbons (Fsp3) is 0.524. The smallest absolute Gasteiger partial charge is 0.193 e. The SMILES string of the molecule is CCC(CNC(=NC)N1CCC(Cc2cnn(C)c2)C1)Oc1ccccc1. The van der Waals surface area contributed by atoms with Gasteiger partial charge in [-0.3, -0.25) is 9.67 Å². The molecule has 1 fully saturated rings. The van der Waals surface area contributed by atoms with Crippen LogP contribution < -0.4 is 10.1 Å². The number of hydrogen-bond acceptors (Lipinski definition) is 3. The molecule has 2 aromatic rings. The highest BCUT2D eigenvalue weighted by atomic mass is 16.5. The molecule has 6 nitrogen and oxygen atoms in total. The Kier molecular flexibility index (Phi) is 6.74. The number of aliphatic imine (C=N–C) groups is 1. The molecular formula is C21H31N5O. The molecule has 0 bridgehead atoms. The van der Waals surface area contributed by atoms with Gasteiger partial charge in [0.15, 0.2) is 5.96 Å². The van der Waals surface area contributed by atoms with Crippen molar-refractivity contribution in [1.29, 1.82) is 0 Å². The molecule has 2 atom stereocenters. The van der Waals surface area contributed by atoms with Crippen LogP contribution in [0.15, 0.2) is 47.7 Å². The minimum Gasteiger partial charge on any atom is -0.489 e. The van der Waals surface area contributed by atoms with Crippen LogP contribution in [-0.4, -0.2) is 53.4 Å². The lowest BCUT2D eigenvalue weighted by atomic mass is 10.0. The number of ether oxygens (including phenoxy) is 1. The Labute approximate surface area is 162 Å². The second kappa shape index (κ2) is 9.44. The van der Waals surface area contributed by atoms with Gasteiger partial charge in [-0.2, -0.15) is 5.10 Å². The van der Waals surface area contributed by atoms with E-state index >= 15 is 0 Å². The molecule has 0 radical (unpaired) electrons. The van der Waals surface area contributed by atoms with E-state index in [-0.39, 0.29) is 6.10 Å². The van der Waals surface area contributed by atoms with E-state index < -0.39 is 0 Å². The van der Waals surface area contributed by atoms with Crippen molar-refractivity contribution in [2.24, 2.45) is 18.0 Å². The van der Waals surface area contributed by atoms with Crippen LogP contribution in [0.4, 0.5) is 0 Å². The number of para-hydroxylation sites is 1. The summed E-state index contributed by atoms with van der Waals surface area (Å²) in [6.45, 7) is 4.98. The average Bonchev–Trinajstić information content (AvgIpc) is 3.31. The van der Waals surface area contributed by atoms with Gasteiger partial charge in [-0.05, 0) is 42.9 Å². The van der Waals surface area contributed by atoms with Crippen LogP contribution in [0.25, 0.3) is 0 Å². The van der Waals surface area contributed by atoms with Crippen LogP contribution >= 0.6 is 0 Å². The predicted molar refractivity (Wildman–Crippen MR) is 109 cm³/mol. The number of rotatable bonds is 7. The highest BCUT2D eigenvalue weighted by molar-refractivity contribution is 5.80. The standard InChI is InChI=1S/C21H31N5O/c1-4-19(27-20-8-6-5-7-9-20)14-23-21(22-2)26-11-10-17(16-26)12-18-13-24-25(3)15-18/h5-9,13,15,17,19H,4,10-12,14,16H2,1-3H3,(H,22,23). The molecule has 1 aromatic carbocycles. The number of benzene rings is 1. The van der Waals surface area contributed by atoms with Gasteiger partial charge in [0.2, 0.25) is 0 Å². The average molecular weight is 370 g/mol. The van der Waals surface area contributed by atoms with Gasteiger partial charge in [0.05, 0.1) is 12.7 Å². The lowest BCUT2D eigenvalue weighted by Gasteiger charge is -2.24. The summed E-state index contributed by atoms with van der Waals surface area (Å²) >= 11 is 0. The van der Waals surface area contributed by atoms with E-state index in [2.05, 4.69) is 33.4 Å². The molecule has 1 aliphatic heterocycles. The van der Waals surface area contributed by atoms with E-state index in [1.54, 1.807) is 0 Å². The van der Waals surface area contributed by atoms with E-state index in [1.165, 1.54) is 12.0 Å². The molecule has 0 spiro atoms. The zero-order valence-corrected chi connectivity index (χ0v) is 16.6. The predicted octanol–water partition coefficient (Wildman–Crippen LogP) is 2.72. The lowest BCUT2D eigenvalue weighted by molar-refractivity contribution is 0.198. The maximum atomic E-state index is 6.08. The fourth-order valence-corrected chi connectivity index (χ4v) is 3.60. The normalized spacial score (nSPS) is 18.6. The molecule has 6 heteroatoms. The zero-order valence-electron chi connectivity index (χ0n) is 16.6. The molecule has 3 rings (SSSR count). The molecule has 0 amide bonds. The van der Waals surface area contributed by atoms with Gasteiger partial charge in [-0.15, -0.1) is 0 Å². The maximum absolute atomic E-state index is 6.08. The first-order valence-electron chi connectivity index (χ1n) is 9.82. The molecule has 27 heavy (non-hydrogen) atoms. The molecule has 0 aliphatic carbocycles. The van der Waals surface area contributed by atoms with Crippen LogP contribution in [0.1, 0.15) is 25.3 Å². The van der Waals surface area contributed by atoms with Crippen molar-refractivity contribution in [3.8, 4) is 5.75 Å². The molecule has 1 N–H and O–H groups in total. The van der Waals surface area contributed by atoms with E-state index in [0.29, 0.717) is 5.92 Å². The van der Waals surface area contributed by atoms with Gasteiger partial charge >= 0.3 is 0 Å². The van der Waals surface area contributed by atoms with E-state index in [4.69, 9.17) is 4.74 Å². The lowest BCUT2D eigenvalue weighted by Crippen LogP contribution is -2.44. The van der Waals surface area contributed by atoms with Gasteiger partial charge in [0.1, 0.15) is 11.9 Å². The van der Waals surface area contributed by atoms with E-state index in [1.807, 2.05) is 55.3 Å². The van der Waals surface area contributed by atoms with Gasteiger partial charge in [-0.1, -0.05) is 25.1 Å². The number of hydrogen-bond donors (Lipinski definition) is 1. The summed E-state index contributed by atoms with van der Waals surface area (Å²) in [7, 11) is 3.83. The highest BCUT2D eigenvalue weighted by Crippen LogP contribution is 2.21. The summed E-state index contributed by atoms with van der Waals surface area (Å²) in [5.41, 5.74) is 1.31. The van der Waals surface area contributed by atoms with Crippen molar-refractivity contribution in [3.63, 3.8) is 0 Å². The largest absolute Gasteiger partial charge is 0.489 e. The van der Waals surface area contributed by atoms with Crippen LogP contribution in [-0.2, 0) is 13.5 Å². The third kappa shape index (κ3) is 5.49. The minimum atomic E-state index is 0.123. The third-order valence-electron chi connectivity index (χ3n) is 5.07. The Morgan fingerprint density at radius 2 is 2.19 bits per heavy atom. The first-order chi connectivity index (χ1) is 13.2. The van der Waals surface area contributed by atoms with E-state index in [9.17, 15) is 0 Å². The molecule has 1 aromatic heterocycles. The van der Waals surface area contributed by atoms with Crippen molar-refractivity contribution < 1.29 is 4.74 Å². The van der Waals surface area contributed by atoms with Crippen LogP contribution in [0.2, 0.25) is 0 Å². The van der Waals surface area contributed by atoms with Crippen LogP contribution in [0, 0.1) is 5.92 Å². The zero-order chi connectivity index (χ0) is 19.1. The number of aromatic nitrogens is 2. The van der Waals surface area contributed by atoms with Crippen molar-refractivity contribution in [2.75, 3.05) is 26.7 Å². The van der Waals surface area contributed by atoms with Gasteiger partial charge < -0.3 is 15.0 Å². The molecular weight excluding hydrogens is 338 g/mol. The monoisotopic (exact) mass is 369 g/mol. The molecule has 1 saturated heterocycles. The third-order valence-corrected chi connectivity index (χ3v) is 5.07. The first-order valence-corrected chi connectivity index (χ1v) is 9.82. The van der Waals surface area contributed by atoms with Gasteiger partial charge in [-0.25, -0.2) is 0 Å². The number of nitrogens with one attached hydrogen (secondary N) is 1. The number of guanidine groups is 1. The maximum Gasteiger partial charge on any atom is 0.193 e. The molecule has 2 unspecified atom stereocenters. The van der Waals surface area contributed by atoms with Gasteiger partial charge in [0.25, 0.3) is 0 Å². The Bertz CT molecular complexity index is 727. The fourth-order valence-electron chi connectivity index (χ4n) is 3.60. The van der Waals surface area contributed by atoms with Crippen molar-refractivity contribution in [2.45, 2.75) is 32.3 Å². The summed E-state index contributed by atoms with van der Waals surface area (Å²) < 4.78 is 7.95.